The first-order chi connectivity index (χ1) is 13.8. The van der Waals surface area contributed by atoms with Crippen molar-refractivity contribution in [2.75, 3.05) is 0 Å². The summed E-state index contributed by atoms with van der Waals surface area (Å²) in [6.07, 6.45) is 1.67. The first-order valence-electron chi connectivity index (χ1n) is 8.84. The number of rotatable bonds is 5. The Kier molecular flexibility index (Phi) is 5.84. The van der Waals surface area contributed by atoms with E-state index in [4.69, 9.17) is 11.6 Å². The molecule has 0 amide bonds. The molecule has 0 spiro atoms. The van der Waals surface area contributed by atoms with Crippen LogP contribution in [0.25, 0.3) is 0 Å². The van der Waals surface area contributed by atoms with E-state index in [2.05, 4.69) is 4.99 Å². The molecule has 0 aliphatic heterocycles. The quantitative estimate of drug-likeness (QED) is 0.324. The monoisotopic (exact) mass is 410 g/mol. The molecule has 2 N–H and O–H groups in total. The second kappa shape index (κ2) is 8.32. The molecule has 0 radical (unpaired) electrons. The molecule has 0 aliphatic rings. The fourth-order valence-electron chi connectivity index (χ4n) is 3.08. The van der Waals surface area contributed by atoms with Gasteiger partial charge in [-0.05, 0) is 60.7 Å². The van der Waals surface area contributed by atoms with E-state index in [1.165, 1.54) is 12.3 Å². The molecule has 7 heteroatoms. The van der Waals surface area contributed by atoms with E-state index in [1.807, 2.05) is 25.1 Å². The molecule has 6 nitrogen and oxygen atoms in total. The highest BCUT2D eigenvalue weighted by molar-refractivity contribution is 6.31. The highest BCUT2D eigenvalue weighted by atomic mass is 35.5. The maximum atomic E-state index is 11.4. The second-order valence-corrected chi connectivity index (χ2v) is 7.19. The Labute approximate surface area is 172 Å². The Morgan fingerprint density at radius 2 is 1.83 bits per heavy atom. The van der Waals surface area contributed by atoms with Crippen LogP contribution >= 0.6 is 11.6 Å². The van der Waals surface area contributed by atoms with E-state index in [9.17, 15) is 20.3 Å². The van der Waals surface area contributed by atoms with Crippen molar-refractivity contribution in [3.8, 4) is 11.5 Å². The fourth-order valence-corrected chi connectivity index (χ4v) is 3.28. The molecule has 148 valence electrons. The molecule has 3 aromatic carbocycles. The predicted molar refractivity (Wildman–Crippen MR) is 114 cm³/mol. The van der Waals surface area contributed by atoms with Gasteiger partial charge in [0.15, 0.2) is 0 Å². The Balaban J connectivity index is 2.05. The van der Waals surface area contributed by atoms with E-state index in [0.717, 1.165) is 11.1 Å². The standard InChI is InChI=1S/C22H19ClN2O4/c1-13-7-14(2)21(26)19(8-13)24-12-17-10-15(11-20(22(17)27)25(28)29)9-16-5-3-4-6-18(16)23/h3-8,10-12,26-27H,9H2,1-2H3. The van der Waals surface area contributed by atoms with Crippen LogP contribution in [0.1, 0.15) is 27.8 Å². The van der Waals surface area contributed by atoms with Crippen molar-refractivity contribution in [1.82, 2.24) is 0 Å². The number of phenols is 2. The average Bonchev–Trinajstić information content (AvgIpc) is 2.66. The molecule has 0 aromatic heterocycles. The van der Waals surface area contributed by atoms with Crippen LogP contribution in [0.5, 0.6) is 11.5 Å². The van der Waals surface area contributed by atoms with Crippen LogP contribution in [-0.2, 0) is 6.42 Å². The molecule has 3 aromatic rings. The smallest absolute Gasteiger partial charge is 0.311 e. The third-order valence-corrected chi connectivity index (χ3v) is 4.86. The fraction of sp³-hybridized carbons (Fsp3) is 0.136. The molecule has 3 rings (SSSR count). The Morgan fingerprint density at radius 1 is 1.10 bits per heavy atom. The van der Waals surface area contributed by atoms with Crippen molar-refractivity contribution in [2.24, 2.45) is 4.99 Å². The lowest BCUT2D eigenvalue weighted by molar-refractivity contribution is -0.385. The molecule has 0 aliphatic carbocycles. The largest absolute Gasteiger partial charge is 0.505 e. The molecule has 29 heavy (non-hydrogen) atoms. The van der Waals surface area contributed by atoms with Gasteiger partial charge < -0.3 is 10.2 Å². The third kappa shape index (κ3) is 4.55. The van der Waals surface area contributed by atoms with Crippen molar-refractivity contribution in [2.45, 2.75) is 20.3 Å². The van der Waals surface area contributed by atoms with Gasteiger partial charge in [-0.15, -0.1) is 0 Å². The number of benzene rings is 3. The zero-order chi connectivity index (χ0) is 21.1. The normalized spacial score (nSPS) is 11.1. The van der Waals surface area contributed by atoms with Crippen LogP contribution in [0.3, 0.4) is 0 Å². The summed E-state index contributed by atoms with van der Waals surface area (Å²) in [6, 6.07) is 13.7. The van der Waals surface area contributed by atoms with Gasteiger partial charge in [-0.25, -0.2) is 0 Å². The van der Waals surface area contributed by atoms with E-state index in [-0.39, 0.29) is 11.3 Å². The number of phenolic OH excluding ortho intramolecular Hbond substituents is 2. The van der Waals surface area contributed by atoms with Gasteiger partial charge in [0.1, 0.15) is 11.4 Å². The van der Waals surface area contributed by atoms with Gasteiger partial charge in [0.05, 0.1) is 4.92 Å². The van der Waals surface area contributed by atoms with E-state index in [0.29, 0.717) is 28.3 Å². The molecule has 0 unspecified atom stereocenters. The number of nitro groups is 1. The van der Waals surface area contributed by atoms with Crippen molar-refractivity contribution in [3.63, 3.8) is 0 Å². The third-order valence-electron chi connectivity index (χ3n) is 4.50. The topological polar surface area (TPSA) is 96.0 Å². The summed E-state index contributed by atoms with van der Waals surface area (Å²) in [4.78, 5) is 15.0. The van der Waals surface area contributed by atoms with Crippen LogP contribution in [0.2, 0.25) is 5.02 Å². The zero-order valence-electron chi connectivity index (χ0n) is 15.9. The van der Waals surface area contributed by atoms with Crippen LogP contribution in [0, 0.1) is 24.0 Å². The van der Waals surface area contributed by atoms with Crippen molar-refractivity contribution in [3.05, 3.63) is 91.5 Å². The Bertz CT molecular complexity index is 1130. The average molecular weight is 411 g/mol. The van der Waals surface area contributed by atoms with Gasteiger partial charge in [-0.2, -0.15) is 0 Å². The summed E-state index contributed by atoms with van der Waals surface area (Å²) in [5, 5.41) is 32.5. The number of aromatic hydroxyl groups is 2. The maximum Gasteiger partial charge on any atom is 0.311 e. The van der Waals surface area contributed by atoms with Crippen LogP contribution < -0.4 is 0 Å². The first-order valence-corrected chi connectivity index (χ1v) is 9.22. The number of nitro benzene ring substituents is 1. The maximum absolute atomic E-state index is 11.4. The van der Waals surface area contributed by atoms with E-state index < -0.39 is 16.4 Å². The minimum Gasteiger partial charge on any atom is -0.505 e. The SMILES string of the molecule is Cc1cc(C)c(O)c(N=Cc2cc(Cc3ccccc3Cl)cc([N+](=O)[O-])c2O)c1. The Morgan fingerprint density at radius 3 is 2.52 bits per heavy atom. The number of hydrogen-bond acceptors (Lipinski definition) is 5. The minimum absolute atomic E-state index is 0.0214. The lowest BCUT2D eigenvalue weighted by Crippen LogP contribution is -1.97. The lowest BCUT2D eigenvalue weighted by atomic mass is 10.0. The van der Waals surface area contributed by atoms with Crippen LogP contribution in [0.15, 0.2) is 53.5 Å². The molecule has 0 bridgehead atoms. The minimum atomic E-state index is -0.642. The highest BCUT2D eigenvalue weighted by Gasteiger charge is 2.19. The van der Waals surface area contributed by atoms with Crippen molar-refractivity contribution < 1.29 is 15.1 Å². The van der Waals surface area contributed by atoms with Gasteiger partial charge in [0.25, 0.3) is 0 Å². The van der Waals surface area contributed by atoms with Gasteiger partial charge in [-0.3, -0.25) is 15.1 Å². The molecule has 0 atom stereocenters. The van der Waals surface area contributed by atoms with Gasteiger partial charge in [0.2, 0.25) is 5.75 Å². The molecule has 0 fully saturated rings. The zero-order valence-corrected chi connectivity index (χ0v) is 16.6. The Hall–Kier alpha value is -3.38. The molecular weight excluding hydrogens is 392 g/mol. The number of aryl methyl sites for hydroxylation is 2. The highest BCUT2D eigenvalue weighted by Crippen LogP contribution is 2.34. The first kappa shape index (κ1) is 20.4. The lowest BCUT2D eigenvalue weighted by Gasteiger charge is -2.08. The summed E-state index contributed by atoms with van der Waals surface area (Å²) >= 11 is 6.20. The van der Waals surface area contributed by atoms with Crippen molar-refractivity contribution >= 4 is 29.2 Å². The second-order valence-electron chi connectivity index (χ2n) is 6.79. The summed E-state index contributed by atoms with van der Waals surface area (Å²) in [5.41, 5.74) is 3.08. The summed E-state index contributed by atoms with van der Waals surface area (Å²) in [7, 11) is 0. The van der Waals surface area contributed by atoms with Gasteiger partial charge in [-0.1, -0.05) is 35.9 Å². The van der Waals surface area contributed by atoms with E-state index in [1.54, 1.807) is 31.2 Å². The van der Waals surface area contributed by atoms with Gasteiger partial charge in [0, 0.05) is 22.9 Å². The summed E-state index contributed by atoms with van der Waals surface area (Å²) in [5.74, 6) is -0.460. The number of aliphatic imine (C=N–C) groups is 1. The summed E-state index contributed by atoms with van der Waals surface area (Å²) < 4.78 is 0. The van der Waals surface area contributed by atoms with Crippen molar-refractivity contribution in [1.29, 1.82) is 0 Å². The van der Waals surface area contributed by atoms with Crippen LogP contribution in [0.4, 0.5) is 11.4 Å². The van der Waals surface area contributed by atoms with Crippen LogP contribution in [-0.4, -0.2) is 21.4 Å². The molecule has 0 saturated carbocycles. The van der Waals surface area contributed by atoms with Gasteiger partial charge >= 0.3 is 5.69 Å². The number of halogens is 1. The van der Waals surface area contributed by atoms with E-state index >= 15 is 0 Å². The number of nitrogens with zero attached hydrogens (tertiary/aromatic N) is 2. The molecular formula is C22H19ClN2O4. The number of hydrogen-bond donors (Lipinski definition) is 2. The predicted octanol–water partition coefficient (Wildman–Crippen LogP) is 5.62. The molecule has 0 saturated heterocycles. The molecule has 0 heterocycles. The summed E-state index contributed by atoms with van der Waals surface area (Å²) in [6.45, 7) is 3.63.